The first-order valence-corrected chi connectivity index (χ1v) is 9.94. The van der Waals surface area contributed by atoms with Gasteiger partial charge in [0, 0.05) is 18.8 Å². The fourth-order valence-electron chi connectivity index (χ4n) is 3.13. The van der Waals surface area contributed by atoms with Crippen molar-refractivity contribution in [3.8, 4) is 11.5 Å². The second-order valence-corrected chi connectivity index (χ2v) is 8.07. The molecule has 9 heteroatoms. The van der Waals surface area contributed by atoms with Crippen molar-refractivity contribution in [2.24, 2.45) is 0 Å². The Morgan fingerprint density at radius 2 is 1.84 bits per heavy atom. The molecule has 0 fully saturated rings. The molecule has 0 aliphatic rings. The number of ether oxygens (including phenoxy) is 2. The van der Waals surface area contributed by atoms with E-state index in [1.54, 1.807) is 20.8 Å². The standard InChI is InChI=1S/C22H30N2O7/c1-6-13-18(20(28)30-5)14(24-19(13)21(29)31-22(2,3)4)10-23-11-17(27)12-7-8-15(25)16(26)9-12/h7-9,17,23-27H,6,10-11H2,1-5H3. The number of aromatic amines is 1. The summed E-state index contributed by atoms with van der Waals surface area (Å²) in [4.78, 5) is 28.0. The van der Waals surface area contributed by atoms with E-state index in [1.807, 2.05) is 6.92 Å². The highest BCUT2D eigenvalue weighted by molar-refractivity contribution is 5.98. The molecule has 0 saturated carbocycles. The van der Waals surface area contributed by atoms with Gasteiger partial charge in [-0.15, -0.1) is 0 Å². The Balaban J connectivity index is 2.23. The molecule has 1 unspecified atom stereocenters. The number of phenolic OH excluding ortho intramolecular Hbond substituents is 2. The minimum absolute atomic E-state index is 0.0904. The molecule has 170 valence electrons. The lowest BCUT2D eigenvalue weighted by Gasteiger charge is -2.19. The molecule has 0 bridgehead atoms. The van der Waals surface area contributed by atoms with Gasteiger partial charge in [0.25, 0.3) is 0 Å². The van der Waals surface area contributed by atoms with Crippen molar-refractivity contribution in [1.82, 2.24) is 10.3 Å². The van der Waals surface area contributed by atoms with Crippen LogP contribution in [0.5, 0.6) is 11.5 Å². The highest BCUT2D eigenvalue weighted by Crippen LogP contribution is 2.28. The molecular formula is C22H30N2O7. The Morgan fingerprint density at radius 1 is 1.16 bits per heavy atom. The molecule has 1 aromatic carbocycles. The number of aromatic hydroxyl groups is 2. The van der Waals surface area contributed by atoms with Gasteiger partial charge in [0.2, 0.25) is 0 Å². The Kier molecular flexibility index (Phi) is 7.70. The van der Waals surface area contributed by atoms with Gasteiger partial charge >= 0.3 is 11.9 Å². The van der Waals surface area contributed by atoms with Crippen molar-refractivity contribution in [1.29, 1.82) is 0 Å². The van der Waals surface area contributed by atoms with Crippen LogP contribution in [0.1, 0.15) is 71.5 Å². The first-order valence-electron chi connectivity index (χ1n) is 9.94. The summed E-state index contributed by atoms with van der Waals surface area (Å²) in [6, 6.07) is 4.05. The van der Waals surface area contributed by atoms with Crippen LogP contribution in [0.4, 0.5) is 0 Å². The lowest BCUT2D eigenvalue weighted by atomic mass is 10.1. The summed E-state index contributed by atoms with van der Waals surface area (Å²) >= 11 is 0. The molecule has 31 heavy (non-hydrogen) atoms. The molecular weight excluding hydrogens is 404 g/mol. The van der Waals surface area contributed by atoms with E-state index in [0.717, 1.165) is 0 Å². The second kappa shape index (κ2) is 9.84. The maximum atomic E-state index is 12.6. The molecule has 5 N–H and O–H groups in total. The molecule has 0 saturated heterocycles. The van der Waals surface area contributed by atoms with Gasteiger partial charge in [-0.2, -0.15) is 0 Å². The zero-order valence-corrected chi connectivity index (χ0v) is 18.4. The fraction of sp³-hybridized carbons (Fsp3) is 0.455. The zero-order chi connectivity index (χ0) is 23.3. The van der Waals surface area contributed by atoms with Crippen LogP contribution in [0.3, 0.4) is 0 Å². The number of hydrogen-bond donors (Lipinski definition) is 5. The average Bonchev–Trinajstić information content (AvgIpc) is 3.06. The van der Waals surface area contributed by atoms with Gasteiger partial charge in [-0.25, -0.2) is 9.59 Å². The molecule has 2 aromatic rings. The van der Waals surface area contributed by atoms with Crippen LogP contribution < -0.4 is 5.32 Å². The normalized spacial score (nSPS) is 12.5. The van der Waals surface area contributed by atoms with Crippen molar-refractivity contribution in [3.63, 3.8) is 0 Å². The molecule has 0 aliphatic carbocycles. The third kappa shape index (κ3) is 5.99. The van der Waals surface area contributed by atoms with Crippen LogP contribution in [0, 0.1) is 0 Å². The molecule has 1 aromatic heterocycles. The summed E-state index contributed by atoms with van der Waals surface area (Å²) in [5.74, 6) is -1.76. The van der Waals surface area contributed by atoms with Crippen molar-refractivity contribution < 1.29 is 34.4 Å². The van der Waals surface area contributed by atoms with Gasteiger partial charge in [-0.3, -0.25) is 0 Å². The number of rotatable bonds is 8. The first-order chi connectivity index (χ1) is 14.5. The molecule has 0 radical (unpaired) electrons. The zero-order valence-electron chi connectivity index (χ0n) is 18.4. The predicted octanol–water partition coefficient (Wildman–Crippen LogP) is 2.55. The van der Waals surface area contributed by atoms with Gasteiger partial charge in [-0.05, 0) is 50.5 Å². The number of benzene rings is 1. The number of carbonyl (C=O) groups is 2. The molecule has 1 heterocycles. The minimum atomic E-state index is -0.973. The van der Waals surface area contributed by atoms with E-state index >= 15 is 0 Å². The molecule has 0 spiro atoms. The van der Waals surface area contributed by atoms with Gasteiger partial charge in [0.1, 0.15) is 11.3 Å². The summed E-state index contributed by atoms with van der Waals surface area (Å²) in [7, 11) is 1.26. The maximum absolute atomic E-state index is 12.6. The van der Waals surface area contributed by atoms with Crippen LogP contribution in [0.25, 0.3) is 0 Å². The number of aliphatic hydroxyl groups is 1. The number of aromatic nitrogens is 1. The number of phenols is 2. The number of H-pyrrole nitrogens is 1. The number of nitrogens with one attached hydrogen (secondary N) is 2. The van der Waals surface area contributed by atoms with Gasteiger partial charge in [0.15, 0.2) is 11.5 Å². The predicted molar refractivity (Wildman–Crippen MR) is 113 cm³/mol. The number of methoxy groups -OCH3 is 1. The Labute approximate surface area is 181 Å². The molecule has 0 aliphatic heterocycles. The Bertz CT molecular complexity index is 944. The maximum Gasteiger partial charge on any atom is 0.355 e. The molecule has 2 rings (SSSR count). The highest BCUT2D eigenvalue weighted by Gasteiger charge is 2.28. The number of aliphatic hydroxyl groups excluding tert-OH is 1. The molecule has 9 nitrogen and oxygen atoms in total. The monoisotopic (exact) mass is 434 g/mol. The van der Waals surface area contributed by atoms with Crippen molar-refractivity contribution >= 4 is 11.9 Å². The minimum Gasteiger partial charge on any atom is -0.504 e. The SMILES string of the molecule is CCc1c(C(=O)OC(C)(C)C)[nH]c(CNCC(O)c2ccc(O)c(O)c2)c1C(=O)OC. The van der Waals surface area contributed by atoms with Crippen molar-refractivity contribution in [2.45, 2.75) is 52.4 Å². The summed E-state index contributed by atoms with van der Waals surface area (Å²) < 4.78 is 10.3. The summed E-state index contributed by atoms with van der Waals surface area (Å²) in [5.41, 5.74) is 1.10. The number of hydrogen-bond acceptors (Lipinski definition) is 8. The van der Waals surface area contributed by atoms with Crippen LogP contribution in [-0.2, 0) is 22.4 Å². The summed E-state index contributed by atoms with van der Waals surface area (Å²) in [6.45, 7) is 7.32. The lowest BCUT2D eigenvalue weighted by Crippen LogP contribution is -2.25. The quantitative estimate of drug-likeness (QED) is 0.315. The average molecular weight is 434 g/mol. The van der Waals surface area contributed by atoms with Crippen LogP contribution in [0.2, 0.25) is 0 Å². The Hall–Kier alpha value is -3.04. The number of esters is 2. The van der Waals surface area contributed by atoms with Crippen LogP contribution in [0.15, 0.2) is 18.2 Å². The van der Waals surface area contributed by atoms with Crippen LogP contribution in [-0.4, -0.2) is 51.5 Å². The lowest BCUT2D eigenvalue weighted by molar-refractivity contribution is 0.00621. The molecule has 1 atom stereocenters. The highest BCUT2D eigenvalue weighted by atomic mass is 16.6. The first kappa shape index (κ1) is 24.2. The van der Waals surface area contributed by atoms with E-state index in [9.17, 15) is 24.9 Å². The van der Waals surface area contributed by atoms with E-state index in [2.05, 4.69) is 10.3 Å². The van der Waals surface area contributed by atoms with Crippen LogP contribution >= 0.6 is 0 Å². The smallest absolute Gasteiger partial charge is 0.355 e. The van der Waals surface area contributed by atoms with E-state index < -0.39 is 23.6 Å². The second-order valence-electron chi connectivity index (χ2n) is 8.07. The van der Waals surface area contributed by atoms with Gasteiger partial charge in [-0.1, -0.05) is 13.0 Å². The summed E-state index contributed by atoms with van der Waals surface area (Å²) in [6.07, 6.45) is -0.565. The summed E-state index contributed by atoms with van der Waals surface area (Å²) in [5, 5.41) is 32.3. The van der Waals surface area contributed by atoms with Crippen molar-refractivity contribution in [3.05, 3.63) is 46.3 Å². The largest absolute Gasteiger partial charge is 0.504 e. The van der Waals surface area contributed by atoms with Gasteiger partial charge in [0.05, 0.1) is 18.8 Å². The van der Waals surface area contributed by atoms with E-state index in [0.29, 0.717) is 23.2 Å². The van der Waals surface area contributed by atoms with Gasteiger partial charge < -0.3 is 35.1 Å². The van der Waals surface area contributed by atoms with E-state index in [4.69, 9.17) is 9.47 Å². The third-order valence-corrected chi connectivity index (χ3v) is 4.55. The topological polar surface area (TPSA) is 141 Å². The molecule has 0 amide bonds. The fourth-order valence-corrected chi connectivity index (χ4v) is 3.13. The van der Waals surface area contributed by atoms with E-state index in [-0.39, 0.29) is 35.8 Å². The van der Waals surface area contributed by atoms with Crippen molar-refractivity contribution in [2.75, 3.05) is 13.7 Å². The third-order valence-electron chi connectivity index (χ3n) is 4.55. The number of carbonyl (C=O) groups excluding carboxylic acids is 2. The Morgan fingerprint density at radius 3 is 2.39 bits per heavy atom. The van der Waals surface area contributed by atoms with E-state index in [1.165, 1.54) is 25.3 Å².